The fourth-order valence-corrected chi connectivity index (χ4v) is 3.07. The normalized spacial score (nSPS) is 27.0. The van der Waals surface area contributed by atoms with Gasteiger partial charge in [0.15, 0.2) is 11.4 Å². The second kappa shape index (κ2) is 8.78. The van der Waals surface area contributed by atoms with Gasteiger partial charge in [0.25, 0.3) is 6.43 Å². The Bertz CT molecular complexity index is 865. The lowest BCUT2D eigenvalue weighted by molar-refractivity contribution is -0.0886. The number of halogens is 5. The number of alkyl halides is 3. The maximum Gasteiger partial charge on any atom is 0.354 e. The quantitative estimate of drug-likeness (QED) is 0.625. The zero-order chi connectivity index (χ0) is 21.8. The molecule has 1 aromatic heterocycles. The van der Waals surface area contributed by atoms with E-state index in [9.17, 15) is 18.0 Å². The van der Waals surface area contributed by atoms with Crippen molar-refractivity contribution in [3.05, 3.63) is 52.7 Å². The number of rotatable bonds is 3. The van der Waals surface area contributed by atoms with E-state index in [-0.39, 0.29) is 23.8 Å². The predicted octanol–water partition coefficient (Wildman–Crippen LogP) is 2.53. The molecule has 0 fully saturated rings. The van der Waals surface area contributed by atoms with Crippen molar-refractivity contribution < 1.29 is 32.2 Å². The van der Waals surface area contributed by atoms with E-state index in [1.807, 2.05) is 0 Å². The first-order valence-corrected chi connectivity index (χ1v) is 8.46. The third-order valence-corrected chi connectivity index (χ3v) is 4.44. The van der Waals surface area contributed by atoms with Gasteiger partial charge in [-0.1, -0.05) is 17.7 Å². The molecule has 2 heterocycles. The van der Waals surface area contributed by atoms with Crippen LogP contribution in [0.4, 0.5) is 17.6 Å². The number of ether oxygens (including phenoxy) is 1. The predicted molar refractivity (Wildman–Crippen MR) is 97.1 cm³/mol. The topological polar surface area (TPSA) is 124 Å². The molecule has 5 N–H and O–H groups in total. The molecule has 0 saturated carbocycles. The van der Waals surface area contributed by atoms with Gasteiger partial charge in [-0.15, -0.1) is 0 Å². The summed E-state index contributed by atoms with van der Waals surface area (Å²) in [7, 11) is 0. The molecule has 0 spiro atoms. The number of pyridine rings is 1. The Morgan fingerprint density at radius 2 is 2.03 bits per heavy atom. The molecule has 1 aliphatic carbocycles. The van der Waals surface area contributed by atoms with Crippen molar-refractivity contribution in [3.63, 3.8) is 0 Å². The Labute approximate surface area is 167 Å². The van der Waals surface area contributed by atoms with E-state index in [2.05, 4.69) is 9.98 Å². The average molecular weight is 437 g/mol. The summed E-state index contributed by atoms with van der Waals surface area (Å²) in [5, 5.41) is 7.65. The van der Waals surface area contributed by atoms with E-state index >= 15 is 4.39 Å². The Kier molecular flexibility index (Phi) is 6.85. The highest BCUT2D eigenvalue weighted by atomic mass is 35.5. The minimum Gasteiger partial charge on any atom is -0.477 e. The van der Waals surface area contributed by atoms with Crippen molar-refractivity contribution in [1.29, 1.82) is 0 Å². The lowest BCUT2D eigenvalue weighted by Crippen LogP contribution is -2.62. The van der Waals surface area contributed by atoms with Gasteiger partial charge in [0.05, 0.1) is 11.6 Å². The van der Waals surface area contributed by atoms with Crippen LogP contribution in [0.2, 0.25) is 0 Å². The summed E-state index contributed by atoms with van der Waals surface area (Å²) in [6.07, 6.45) is -1.74. The van der Waals surface area contributed by atoms with Crippen molar-refractivity contribution in [1.82, 2.24) is 4.98 Å². The third-order valence-electron chi connectivity index (χ3n) is 4.16. The van der Waals surface area contributed by atoms with Crippen LogP contribution in [0.5, 0.6) is 0 Å². The largest absolute Gasteiger partial charge is 0.477 e. The molecular formula is C17H17ClF4N4O3. The van der Waals surface area contributed by atoms with Crippen LogP contribution in [0.3, 0.4) is 0 Å². The number of carboxylic acids is 1. The number of aliphatic imine (C=N–C) groups is 1. The molecule has 1 aromatic rings. The van der Waals surface area contributed by atoms with Crippen molar-refractivity contribution in [2.75, 3.05) is 13.2 Å². The molecule has 2 unspecified atom stereocenters. The molecule has 0 radical (unpaired) electrons. The fourth-order valence-electron chi connectivity index (χ4n) is 2.78. The monoisotopic (exact) mass is 436 g/mol. The SMILES string of the molecule is NC1=CC(Cl)=C(F)C(F)(C2(C(F)F)COCC(N)=N2)C1.O=C(O)c1ccccn1. The molecule has 29 heavy (non-hydrogen) atoms. The Balaban J connectivity index is 0.000000278. The van der Waals surface area contributed by atoms with Crippen LogP contribution in [-0.2, 0) is 4.74 Å². The van der Waals surface area contributed by atoms with Crippen LogP contribution in [0, 0.1) is 0 Å². The van der Waals surface area contributed by atoms with Crippen LogP contribution in [-0.4, -0.2) is 52.7 Å². The molecule has 2 aliphatic rings. The number of carbonyl (C=O) groups is 1. The van der Waals surface area contributed by atoms with Crippen molar-refractivity contribution in [2.24, 2.45) is 16.5 Å². The van der Waals surface area contributed by atoms with Gasteiger partial charge in [0.1, 0.15) is 18.1 Å². The molecule has 12 heteroatoms. The molecule has 0 bridgehead atoms. The Morgan fingerprint density at radius 1 is 1.34 bits per heavy atom. The number of nitrogens with two attached hydrogens (primary N) is 2. The van der Waals surface area contributed by atoms with E-state index in [4.69, 9.17) is 32.9 Å². The number of allylic oxidation sites excluding steroid dienone is 3. The van der Waals surface area contributed by atoms with Crippen molar-refractivity contribution >= 4 is 23.4 Å². The van der Waals surface area contributed by atoms with E-state index in [0.29, 0.717) is 0 Å². The average Bonchev–Trinajstić information content (AvgIpc) is 2.67. The van der Waals surface area contributed by atoms with Gasteiger partial charge >= 0.3 is 5.97 Å². The first-order valence-electron chi connectivity index (χ1n) is 8.08. The summed E-state index contributed by atoms with van der Waals surface area (Å²) in [5.74, 6) is -2.88. The standard InChI is InChI=1S/C11H12ClF4N3O.C6H5NO2/c12-6-1-5(17)2-10(16,8(6)13)11(9(14)15)4-20-3-7(18)19-11;8-6(9)5-3-1-2-4-7-5/h1,9H,2-4,17H2,(H2,18,19);1-4H,(H,8,9). The van der Waals surface area contributed by atoms with E-state index in [1.165, 1.54) is 12.3 Å². The van der Waals surface area contributed by atoms with E-state index in [0.717, 1.165) is 6.08 Å². The summed E-state index contributed by atoms with van der Waals surface area (Å²) in [6.45, 7) is -1.05. The zero-order valence-electron chi connectivity index (χ0n) is 14.8. The number of aromatic carboxylic acids is 1. The highest BCUT2D eigenvalue weighted by Gasteiger charge is 2.64. The molecule has 0 amide bonds. The molecule has 0 saturated heterocycles. The van der Waals surface area contributed by atoms with Gasteiger partial charge in [-0.2, -0.15) is 0 Å². The lowest BCUT2D eigenvalue weighted by atomic mass is 9.75. The Morgan fingerprint density at radius 3 is 2.52 bits per heavy atom. The maximum absolute atomic E-state index is 15.1. The molecule has 3 rings (SSSR count). The maximum atomic E-state index is 15.1. The van der Waals surface area contributed by atoms with Crippen molar-refractivity contribution in [3.8, 4) is 0 Å². The number of amidine groups is 1. The van der Waals surface area contributed by atoms with Gasteiger partial charge in [-0.05, 0) is 18.2 Å². The molecule has 1 aliphatic heterocycles. The summed E-state index contributed by atoms with van der Waals surface area (Å²) in [4.78, 5) is 17.2. The van der Waals surface area contributed by atoms with Crippen LogP contribution < -0.4 is 11.5 Å². The second-order valence-electron chi connectivity index (χ2n) is 6.20. The lowest BCUT2D eigenvalue weighted by Gasteiger charge is -2.43. The number of hydrogen-bond donors (Lipinski definition) is 3. The first-order chi connectivity index (χ1) is 13.5. The molecule has 2 atom stereocenters. The third kappa shape index (κ3) is 4.51. The number of carboxylic acid groups (broad SMARTS) is 1. The highest BCUT2D eigenvalue weighted by molar-refractivity contribution is 6.31. The number of nitrogens with zero attached hydrogens (tertiary/aromatic N) is 2. The zero-order valence-corrected chi connectivity index (χ0v) is 15.5. The van der Waals surface area contributed by atoms with E-state index in [1.54, 1.807) is 12.1 Å². The first kappa shape index (κ1) is 22.6. The smallest absolute Gasteiger partial charge is 0.354 e. The minimum atomic E-state index is -3.35. The molecule has 158 valence electrons. The summed E-state index contributed by atoms with van der Waals surface area (Å²) in [6, 6.07) is 4.76. The number of hydrogen-bond acceptors (Lipinski definition) is 6. The van der Waals surface area contributed by atoms with Crippen molar-refractivity contribution in [2.45, 2.75) is 24.1 Å². The number of aromatic nitrogens is 1. The molecule has 0 aromatic carbocycles. The van der Waals surface area contributed by atoms with Gasteiger partial charge < -0.3 is 21.3 Å². The van der Waals surface area contributed by atoms with Crippen LogP contribution in [0.15, 0.2) is 52.0 Å². The van der Waals surface area contributed by atoms with Gasteiger partial charge in [-0.3, -0.25) is 4.99 Å². The fraction of sp³-hybridized carbons (Fsp3) is 0.353. The van der Waals surface area contributed by atoms with Crippen LogP contribution in [0.1, 0.15) is 16.9 Å². The Hall–Kier alpha value is -2.66. The minimum absolute atomic E-state index is 0.0810. The van der Waals surface area contributed by atoms with Gasteiger partial charge in [0.2, 0.25) is 5.67 Å². The van der Waals surface area contributed by atoms with Crippen LogP contribution in [0.25, 0.3) is 0 Å². The summed E-state index contributed by atoms with van der Waals surface area (Å²) in [5.41, 5.74) is 4.67. The van der Waals surface area contributed by atoms with Crippen LogP contribution >= 0.6 is 11.6 Å². The van der Waals surface area contributed by atoms with Gasteiger partial charge in [-0.25, -0.2) is 27.3 Å². The molecule has 7 nitrogen and oxygen atoms in total. The summed E-state index contributed by atoms with van der Waals surface area (Å²) >= 11 is 5.51. The second-order valence-corrected chi connectivity index (χ2v) is 6.61. The van der Waals surface area contributed by atoms with Gasteiger partial charge in [0, 0.05) is 18.3 Å². The highest BCUT2D eigenvalue weighted by Crippen LogP contribution is 2.49. The van der Waals surface area contributed by atoms with E-state index < -0.39 is 47.5 Å². The summed E-state index contributed by atoms with van der Waals surface area (Å²) < 4.78 is 60.9. The molecular weight excluding hydrogens is 420 g/mol.